The zero-order chi connectivity index (χ0) is 27.2. The summed E-state index contributed by atoms with van der Waals surface area (Å²) in [6.07, 6.45) is 13.8. The number of amides is 2. The van der Waals surface area contributed by atoms with Crippen molar-refractivity contribution < 1.29 is 34.1 Å². The van der Waals surface area contributed by atoms with Crippen molar-refractivity contribution in [3.63, 3.8) is 0 Å². The van der Waals surface area contributed by atoms with Gasteiger partial charge >= 0.3 is 0 Å². The number of aliphatic hydroxyl groups is 2. The first-order valence-corrected chi connectivity index (χ1v) is 12.5. The van der Waals surface area contributed by atoms with Crippen LogP contribution in [0.15, 0.2) is 71.3 Å². The average Bonchev–Trinajstić information content (AvgIpc) is 3.61. The fraction of sp³-hybridized carbons (Fsp3) is 0.429. The monoisotopic (exact) mass is 510 g/mol. The second-order valence-electron chi connectivity index (χ2n) is 9.55. The third-order valence-electron chi connectivity index (χ3n) is 6.35. The van der Waals surface area contributed by atoms with E-state index in [9.17, 15) is 29.4 Å². The molecule has 0 saturated carbocycles. The van der Waals surface area contributed by atoms with E-state index in [1.807, 2.05) is 13.0 Å². The molecule has 0 radical (unpaired) electrons. The van der Waals surface area contributed by atoms with E-state index in [4.69, 9.17) is 4.74 Å². The van der Waals surface area contributed by atoms with Crippen molar-refractivity contribution >= 4 is 23.4 Å². The van der Waals surface area contributed by atoms with Gasteiger partial charge in [0.2, 0.25) is 11.7 Å². The minimum absolute atomic E-state index is 0.00979. The van der Waals surface area contributed by atoms with Crippen molar-refractivity contribution in [2.45, 2.75) is 70.7 Å². The lowest BCUT2D eigenvalue weighted by molar-refractivity contribution is -0.121. The van der Waals surface area contributed by atoms with Gasteiger partial charge in [0, 0.05) is 24.5 Å². The molecule has 37 heavy (non-hydrogen) atoms. The maximum atomic E-state index is 12.6. The highest BCUT2D eigenvalue weighted by atomic mass is 16.6. The lowest BCUT2D eigenvalue weighted by atomic mass is 9.88. The van der Waals surface area contributed by atoms with Gasteiger partial charge in [-0.15, -0.1) is 0 Å². The number of carbonyl (C=O) groups excluding carboxylic acids is 4. The highest BCUT2D eigenvalue weighted by Crippen LogP contribution is 2.40. The predicted octanol–water partition coefficient (Wildman–Crippen LogP) is 2.76. The molecule has 1 aliphatic heterocycles. The van der Waals surface area contributed by atoms with Crippen LogP contribution in [0.4, 0.5) is 0 Å². The van der Waals surface area contributed by atoms with Crippen molar-refractivity contribution in [3.05, 3.63) is 71.3 Å². The molecule has 4 N–H and O–H groups in total. The molecule has 2 amide bonds. The maximum Gasteiger partial charge on any atom is 0.251 e. The molecule has 0 aromatic carbocycles. The first-order valence-electron chi connectivity index (χ1n) is 12.5. The molecular weight excluding hydrogens is 476 g/mol. The van der Waals surface area contributed by atoms with Crippen molar-refractivity contribution in [2.75, 3.05) is 0 Å². The van der Waals surface area contributed by atoms with Crippen LogP contribution in [0.25, 0.3) is 0 Å². The minimum Gasteiger partial charge on any atom is -0.510 e. The molecule has 4 atom stereocenters. The van der Waals surface area contributed by atoms with E-state index < -0.39 is 29.6 Å². The first-order chi connectivity index (χ1) is 17.6. The Labute approximate surface area is 216 Å². The Kier molecular flexibility index (Phi) is 9.18. The summed E-state index contributed by atoms with van der Waals surface area (Å²) >= 11 is 0. The molecule has 1 heterocycles. The number of epoxide rings is 1. The molecule has 198 valence electrons. The Morgan fingerprint density at radius 3 is 2.59 bits per heavy atom. The van der Waals surface area contributed by atoms with Gasteiger partial charge < -0.3 is 25.6 Å². The fourth-order valence-corrected chi connectivity index (χ4v) is 4.21. The van der Waals surface area contributed by atoms with Crippen molar-refractivity contribution in [2.24, 2.45) is 5.92 Å². The van der Waals surface area contributed by atoms with Crippen LogP contribution in [0.3, 0.4) is 0 Å². The number of hydrogen-bond acceptors (Lipinski definition) is 7. The summed E-state index contributed by atoms with van der Waals surface area (Å²) in [6, 6.07) is 0. The second-order valence-corrected chi connectivity index (χ2v) is 9.55. The lowest BCUT2D eigenvalue weighted by Gasteiger charge is -2.23. The molecule has 0 aromatic rings. The number of allylic oxidation sites excluding steroid dienone is 7. The smallest absolute Gasteiger partial charge is 0.251 e. The third kappa shape index (κ3) is 7.24. The number of ketones is 2. The number of hydrogen-bond donors (Lipinski definition) is 4. The van der Waals surface area contributed by atoms with Gasteiger partial charge in [0.25, 0.3) is 5.91 Å². The summed E-state index contributed by atoms with van der Waals surface area (Å²) in [4.78, 5) is 48.7. The Morgan fingerprint density at radius 1 is 1.19 bits per heavy atom. The van der Waals surface area contributed by atoms with Crippen LogP contribution in [-0.4, -0.2) is 51.4 Å². The quantitative estimate of drug-likeness (QED) is 0.190. The molecule has 1 saturated heterocycles. The summed E-state index contributed by atoms with van der Waals surface area (Å²) in [6.45, 7) is 5.84. The molecule has 0 spiro atoms. The highest BCUT2D eigenvalue weighted by molar-refractivity contribution is 6.07. The summed E-state index contributed by atoms with van der Waals surface area (Å²) < 4.78 is 5.37. The maximum absolute atomic E-state index is 12.6. The van der Waals surface area contributed by atoms with E-state index in [0.717, 1.165) is 19.3 Å². The normalized spacial score (nSPS) is 26.7. The van der Waals surface area contributed by atoms with Crippen LogP contribution in [-0.2, 0) is 23.9 Å². The van der Waals surface area contributed by atoms with Crippen LogP contribution in [0.1, 0.15) is 52.9 Å². The molecule has 9 nitrogen and oxygen atoms in total. The fourth-order valence-electron chi connectivity index (χ4n) is 4.21. The Hall–Kier alpha value is -3.56. The van der Waals surface area contributed by atoms with Gasteiger partial charge in [0.15, 0.2) is 11.9 Å². The standard InChI is InChI=1S/C28H34N2O7/c1-4-5-10-17(2)15-18(3)27(35)29-19-16-28(36,26-25(37-26)24(19)34)14-9-7-6-8-11-22(33)30-23-20(31)12-13-21(23)32/h6-9,11,14-17,25-26,31,36H,4-5,10,12-13H2,1-3H3,(H,29,35)(H,30,33)/b7-6+,11-8+,14-9+,18-15+/t17-,25+,26+,28-/m0/s1. The number of nitrogens with one attached hydrogen (secondary N) is 2. The Morgan fingerprint density at radius 2 is 1.92 bits per heavy atom. The van der Waals surface area contributed by atoms with Gasteiger partial charge in [0.05, 0.1) is 5.70 Å². The number of aliphatic hydroxyl groups excluding tert-OH is 1. The zero-order valence-corrected chi connectivity index (χ0v) is 21.3. The molecular formula is C28H34N2O7. The van der Waals surface area contributed by atoms with Gasteiger partial charge in [-0.3, -0.25) is 19.2 Å². The third-order valence-corrected chi connectivity index (χ3v) is 6.35. The highest BCUT2D eigenvalue weighted by Gasteiger charge is 2.59. The topological polar surface area (TPSA) is 145 Å². The summed E-state index contributed by atoms with van der Waals surface area (Å²) in [5.41, 5.74) is -1.17. The van der Waals surface area contributed by atoms with Gasteiger partial charge in [-0.1, -0.05) is 57.1 Å². The van der Waals surface area contributed by atoms with Crippen LogP contribution in [0, 0.1) is 5.92 Å². The SMILES string of the molecule is CCCC[C@H](C)/C=C(\C)C(=O)NC1=C[C@@](O)(/C=C/C=C/C=C/C(=O)NC2=C(O)CCC2=O)[C@@H]2O[C@@H]2C1=O. The summed E-state index contributed by atoms with van der Waals surface area (Å²) in [5.74, 6) is -1.54. The number of Topliss-reactive ketones (excluding diaryl/α,β-unsaturated/α-hetero) is 2. The lowest BCUT2D eigenvalue weighted by Crippen LogP contribution is -2.42. The Balaban J connectivity index is 1.59. The molecule has 9 heteroatoms. The van der Waals surface area contributed by atoms with Crippen LogP contribution >= 0.6 is 0 Å². The molecule has 1 fully saturated rings. The average molecular weight is 511 g/mol. The van der Waals surface area contributed by atoms with E-state index >= 15 is 0 Å². The molecule has 2 aliphatic carbocycles. The van der Waals surface area contributed by atoms with Crippen LogP contribution in [0.5, 0.6) is 0 Å². The predicted molar refractivity (Wildman–Crippen MR) is 137 cm³/mol. The molecule has 0 unspecified atom stereocenters. The second kappa shape index (κ2) is 12.1. The molecule has 3 aliphatic rings. The summed E-state index contributed by atoms with van der Waals surface area (Å²) in [7, 11) is 0. The Bertz CT molecular complexity index is 1140. The van der Waals surface area contributed by atoms with Gasteiger partial charge in [-0.05, 0) is 31.4 Å². The van der Waals surface area contributed by atoms with Crippen molar-refractivity contribution in [1.82, 2.24) is 10.6 Å². The number of unbranched alkanes of at least 4 members (excludes halogenated alkanes) is 1. The van der Waals surface area contributed by atoms with E-state index in [-0.39, 0.29) is 47.5 Å². The molecule has 0 bridgehead atoms. The van der Waals surface area contributed by atoms with Crippen molar-refractivity contribution in [1.29, 1.82) is 0 Å². The van der Waals surface area contributed by atoms with Gasteiger partial charge in [-0.2, -0.15) is 0 Å². The van der Waals surface area contributed by atoms with E-state index in [2.05, 4.69) is 17.6 Å². The molecule has 3 rings (SSSR count). The van der Waals surface area contributed by atoms with E-state index in [0.29, 0.717) is 5.57 Å². The zero-order valence-electron chi connectivity index (χ0n) is 21.3. The minimum atomic E-state index is -1.59. The number of fused-ring (bicyclic) bond motifs is 1. The summed E-state index contributed by atoms with van der Waals surface area (Å²) in [5, 5.41) is 25.6. The largest absolute Gasteiger partial charge is 0.510 e. The van der Waals surface area contributed by atoms with Crippen LogP contribution in [0.2, 0.25) is 0 Å². The van der Waals surface area contributed by atoms with Gasteiger partial charge in [-0.25, -0.2) is 0 Å². The number of ether oxygens (including phenoxy) is 1. The van der Waals surface area contributed by atoms with E-state index in [1.54, 1.807) is 13.0 Å². The number of carbonyl (C=O) groups is 4. The molecule has 0 aromatic heterocycles. The van der Waals surface area contributed by atoms with Crippen molar-refractivity contribution in [3.8, 4) is 0 Å². The van der Waals surface area contributed by atoms with Gasteiger partial charge in [0.1, 0.15) is 23.2 Å². The number of rotatable bonds is 11. The first kappa shape index (κ1) is 28.0. The van der Waals surface area contributed by atoms with Crippen LogP contribution < -0.4 is 10.6 Å². The van der Waals surface area contributed by atoms with E-state index in [1.165, 1.54) is 36.5 Å².